The van der Waals surface area contributed by atoms with E-state index in [1.165, 1.54) is 12.8 Å². The van der Waals surface area contributed by atoms with Crippen molar-refractivity contribution in [1.29, 1.82) is 0 Å². The molecular formula is C8H10N2. The van der Waals surface area contributed by atoms with Crippen LogP contribution in [-0.2, 0) is 6.42 Å². The third kappa shape index (κ3) is 1.32. The van der Waals surface area contributed by atoms with Crippen molar-refractivity contribution in [1.82, 2.24) is 9.97 Å². The minimum absolute atomic E-state index is 0.891. The molecule has 0 spiro atoms. The van der Waals surface area contributed by atoms with Gasteiger partial charge < -0.3 is 0 Å². The number of rotatable bonds is 2. The molecule has 1 aromatic rings. The molecule has 1 aromatic heterocycles. The highest BCUT2D eigenvalue weighted by molar-refractivity contribution is 4.93. The molecule has 1 heterocycles. The van der Waals surface area contributed by atoms with Crippen LogP contribution >= 0.6 is 0 Å². The molecule has 0 amide bonds. The summed E-state index contributed by atoms with van der Waals surface area (Å²) >= 11 is 0. The Balaban J connectivity index is 2.03. The Labute approximate surface area is 60.3 Å². The van der Waals surface area contributed by atoms with Gasteiger partial charge in [0.05, 0.1) is 0 Å². The summed E-state index contributed by atoms with van der Waals surface area (Å²) in [6, 6.07) is 1.86. The maximum absolute atomic E-state index is 4.15. The quantitative estimate of drug-likeness (QED) is 0.611. The Morgan fingerprint density at radius 2 is 2.00 bits per heavy atom. The van der Waals surface area contributed by atoms with Crippen LogP contribution in [0.2, 0.25) is 0 Å². The van der Waals surface area contributed by atoms with E-state index in [1.54, 1.807) is 0 Å². The van der Waals surface area contributed by atoms with Crippen LogP contribution in [0.15, 0.2) is 18.5 Å². The summed E-state index contributed by atoms with van der Waals surface area (Å²) in [4.78, 5) is 8.30. The van der Waals surface area contributed by atoms with Gasteiger partial charge in [0.25, 0.3) is 0 Å². The van der Waals surface area contributed by atoms with Crippen molar-refractivity contribution in [3.8, 4) is 0 Å². The fraction of sp³-hybridized carbons (Fsp3) is 0.500. The largest absolute Gasteiger partial charge is 0.241 e. The third-order valence-electron chi connectivity index (χ3n) is 1.79. The molecule has 1 saturated carbocycles. The molecule has 52 valence electrons. The Kier molecular flexibility index (Phi) is 1.38. The van der Waals surface area contributed by atoms with Crippen LogP contribution in [0.3, 0.4) is 0 Å². The van der Waals surface area contributed by atoms with Gasteiger partial charge in [-0.3, -0.25) is 0 Å². The molecular weight excluding hydrogens is 124 g/mol. The van der Waals surface area contributed by atoms with Crippen molar-refractivity contribution in [2.45, 2.75) is 19.3 Å². The van der Waals surface area contributed by atoms with E-state index in [2.05, 4.69) is 9.97 Å². The zero-order chi connectivity index (χ0) is 6.81. The first-order valence-corrected chi connectivity index (χ1v) is 3.71. The lowest BCUT2D eigenvalue weighted by Gasteiger charge is -1.93. The van der Waals surface area contributed by atoms with Crippen LogP contribution < -0.4 is 0 Å². The second kappa shape index (κ2) is 2.37. The van der Waals surface area contributed by atoms with Gasteiger partial charge in [-0.2, -0.15) is 0 Å². The van der Waals surface area contributed by atoms with E-state index >= 15 is 0 Å². The second-order valence-electron chi connectivity index (χ2n) is 2.81. The van der Waals surface area contributed by atoms with Crippen molar-refractivity contribution < 1.29 is 0 Å². The van der Waals surface area contributed by atoms with Crippen molar-refractivity contribution in [2.75, 3.05) is 0 Å². The molecule has 0 aromatic carbocycles. The zero-order valence-electron chi connectivity index (χ0n) is 5.83. The van der Waals surface area contributed by atoms with E-state index < -0.39 is 0 Å². The summed E-state index contributed by atoms with van der Waals surface area (Å²) in [6.07, 6.45) is 7.45. The molecule has 0 unspecified atom stereocenters. The van der Waals surface area contributed by atoms with Crippen LogP contribution in [0.1, 0.15) is 18.7 Å². The van der Waals surface area contributed by atoms with Crippen molar-refractivity contribution in [3.05, 3.63) is 24.3 Å². The van der Waals surface area contributed by atoms with Crippen LogP contribution in [-0.4, -0.2) is 9.97 Å². The standard InChI is InChI=1S/C8H10N2/c1-4-9-8(10-5-1)6-7-2-3-7/h1,4-5,7H,2-3,6H2. The monoisotopic (exact) mass is 134 g/mol. The molecule has 2 heteroatoms. The average molecular weight is 134 g/mol. The van der Waals surface area contributed by atoms with Gasteiger partial charge in [0.2, 0.25) is 0 Å². The van der Waals surface area contributed by atoms with E-state index in [0.717, 1.165) is 18.2 Å². The summed E-state index contributed by atoms with van der Waals surface area (Å²) in [7, 11) is 0. The van der Waals surface area contributed by atoms with Gasteiger partial charge in [0.15, 0.2) is 0 Å². The Morgan fingerprint density at radius 3 is 2.60 bits per heavy atom. The Morgan fingerprint density at radius 1 is 1.30 bits per heavy atom. The van der Waals surface area contributed by atoms with E-state index in [1.807, 2.05) is 18.5 Å². The molecule has 0 bridgehead atoms. The Hall–Kier alpha value is -0.920. The second-order valence-corrected chi connectivity index (χ2v) is 2.81. The Bertz CT molecular complexity index is 204. The lowest BCUT2D eigenvalue weighted by molar-refractivity contribution is 0.769. The molecule has 0 N–H and O–H groups in total. The first kappa shape index (κ1) is 5.83. The maximum atomic E-state index is 4.15. The van der Waals surface area contributed by atoms with Crippen LogP contribution in [0.5, 0.6) is 0 Å². The summed E-state index contributed by atoms with van der Waals surface area (Å²) in [5.41, 5.74) is 0. The predicted octanol–water partition coefficient (Wildman–Crippen LogP) is 1.43. The first-order chi connectivity index (χ1) is 4.95. The molecule has 10 heavy (non-hydrogen) atoms. The molecule has 1 aliphatic rings. The minimum atomic E-state index is 0.891. The highest BCUT2D eigenvalue weighted by Crippen LogP contribution is 2.31. The number of hydrogen-bond donors (Lipinski definition) is 0. The van der Waals surface area contributed by atoms with Gasteiger partial charge in [-0.1, -0.05) is 0 Å². The average Bonchev–Trinajstić information content (AvgIpc) is 2.74. The van der Waals surface area contributed by atoms with Gasteiger partial charge >= 0.3 is 0 Å². The topological polar surface area (TPSA) is 25.8 Å². The summed E-state index contributed by atoms with van der Waals surface area (Å²) in [5, 5.41) is 0. The minimum Gasteiger partial charge on any atom is -0.241 e. The molecule has 0 saturated heterocycles. The van der Waals surface area contributed by atoms with Gasteiger partial charge in [-0.05, 0) is 24.8 Å². The third-order valence-corrected chi connectivity index (χ3v) is 1.79. The number of aromatic nitrogens is 2. The fourth-order valence-electron chi connectivity index (χ4n) is 1.02. The van der Waals surface area contributed by atoms with E-state index in [4.69, 9.17) is 0 Å². The SMILES string of the molecule is c1cnc(CC2CC2)nc1. The van der Waals surface area contributed by atoms with Crippen LogP contribution in [0, 0.1) is 5.92 Å². The summed E-state index contributed by atoms with van der Waals surface area (Å²) < 4.78 is 0. The smallest absolute Gasteiger partial charge is 0.128 e. The highest BCUT2D eigenvalue weighted by atomic mass is 14.8. The van der Waals surface area contributed by atoms with E-state index in [9.17, 15) is 0 Å². The van der Waals surface area contributed by atoms with Gasteiger partial charge in [-0.15, -0.1) is 0 Å². The van der Waals surface area contributed by atoms with Gasteiger partial charge in [-0.25, -0.2) is 9.97 Å². The lowest BCUT2D eigenvalue weighted by Crippen LogP contribution is -1.93. The summed E-state index contributed by atoms with van der Waals surface area (Å²) in [5.74, 6) is 1.90. The molecule has 0 aliphatic heterocycles. The van der Waals surface area contributed by atoms with Gasteiger partial charge in [0.1, 0.15) is 5.82 Å². The van der Waals surface area contributed by atoms with Crippen LogP contribution in [0.25, 0.3) is 0 Å². The highest BCUT2D eigenvalue weighted by Gasteiger charge is 2.22. The molecule has 2 rings (SSSR count). The predicted molar refractivity (Wildman–Crippen MR) is 38.5 cm³/mol. The van der Waals surface area contributed by atoms with Crippen molar-refractivity contribution in [3.63, 3.8) is 0 Å². The maximum Gasteiger partial charge on any atom is 0.128 e. The first-order valence-electron chi connectivity index (χ1n) is 3.71. The molecule has 0 atom stereocenters. The van der Waals surface area contributed by atoms with Crippen LogP contribution in [0.4, 0.5) is 0 Å². The van der Waals surface area contributed by atoms with E-state index in [-0.39, 0.29) is 0 Å². The summed E-state index contributed by atoms with van der Waals surface area (Å²) in [6.45, 7) is 0. The van der Waals surface area contributed by atoms with E-state index in [0.29, 0.717) is 0 Å². The molecule has 2 nitrogen and oxygen atoms in total. The van der Waals surface area contributed by atoms with Gasteiger partial charge in [0, 0.05) is 18.8 Å². The lowest BCUT2D eigenvalue weighted by atomic mass is 10.3. The zero-order valence-corrected chi connectivity index (χ0v) is 5.83. The molecule has 1 aliphatic carbocycles. The number of nitrogens with zero attached hydrogens (tertiary/aromatic N) is 2. The molecule has 0 radical (unpaired) electrons. The number of hydrogen-bond acceptors (Lipinski definition) is 2. The fourth-order valence-corrected chi connectivity index (χ4v) is 1.02. The van der Waals surface area contributed by atoms with Crippen molar-refractivity contribution >= 4 is 0 Å². The van der Waals surface area contributed by atoms with Crippen molar-refractivity contribution in [2.24, 2.45) is 5.92 Å². The normalized spacial score (nSPS) is 17.2. The molecule has 1 fully saturated rings.